The molecule has 0 saturated heterocycles. The fraction of sp³-hybridized carbons (Fsp3) is 0.250. The molecular formula is C16H17ClN2O4. The Morgan fingerprint density at radius 3 is 2.91 bits per heavy atom. The number of rotatable bonds is 6. The van der Waals surface area contributed by atoms with Crippen molar-refractivity contribution in [2.75, 3.05) is 18.5 Å². The van der Waals surface area contributed by atoms with Gasteiger partial charge in [-0.25, -0.2) is 9.78 Å². The molecule has 7 heteroatoms. The summed E-state index contributed by atoms with van der Waals surface area (Å²) in [6, 6.07) is 8.54. The predicted molar refractivity (Wildman–Crippen MR) is 87.1 cm³/mol. The number of aromatic nitrogens is 1. The third-order valence-corrected chi connectivity index (χ3v) is 3.58. The minimum absolute atomic E-state index is 0.219. The van der Waals surface area contributed by atoms with E-state index < -0.39 is 18.7 Å². The first-order valence-corrected chi connectivity index (χ1v) is 7.34. The Labute approximate surface area is 138 Å². The van der Waals surface area contributed by atoms with E-state index in [2.05, 4.69) is 10.3 Å². The van der Waals surface area contributed by atoms with Crippen molar-refractivity contribution in [1.29, 1.82) is 0 Å². The first-order valence-electron chi connectivity index (χ1n) is 6.96. The van der Waals surface area contributed by atoms with E-state index >= 15 is 0 Å². The molecule has 0 aliphatic carbocycles. The average Bonchev–Trinajstić information content (AvgIpc) is 2.57. The van der Waals surface area contributed by atoms with Gasteiger partial charge < -0.3 is 20.3 Å². The smallest absolute Gasteiger partial charge is 0.342 e. The molecule has 0 aliphatic heterocycles. The van der Waals surface area contributed by atoms with Crippen LogP contribution in [0.3, 0.4) is 0 Å². The molecule has 23 heavy (non-hydrogen) atoms. The van der Waals surface area contributed by atoms with Crippen molar-refractivity contribution in [1.82, 2.24) is 4.98 Å². The van der Waals surface area contributed by atoms with Crippen molar-refractivity contribution >= 4 is 29.1 Å². The highest BCUT2D eigenvalue weighted by Gasteiger charge is 2.16. The molecule has 2 rings (SSSR count). The lowest BCUT2D eigenvalue weighted by Crippen LogP contribution is -2.22. The number of halogens is 1. The van der Waals surface area contributed by atoms with E-state index in [0.717, 1.165) is 11.3 Å². The van der Waals surface area contributed by atoms with Gasteiger partial charge in [-0.2, -0.15) is 0 Å². The topological polar surface area (TPSA) is 91.7 Å². The third-order valence-electron chi connectivity index (χ3n) is 3.17. The summed E-state index contributed by atoms with van der Waals surface area (Å²) in [7, 11) is 0. The lowest BCUT2D eigenvalue weighted by Gasteiger charge is -2.14. The summed E-state index contributed by atoms with van der Waals surface area (Å²) >= 11 is 6.08. The van der Waals surface area contributed by atoms with Gasteiger partial charge in [0.1, 0.15) is 24.1 Å². The zero-order valence-corrected chi connectivity index (χ0v) is 13.2. The van der Waals surface area contributed by atoms with Gasteiger partial charge in [0.2, 0.25) is 0 Å². The number of carbonyl (C=O) groups is 1. The molecule has 0 bridgehead atoms. The second-order valence-corrected chi connectivity index (χ2v) is 5.28. The Morgan fingerprint density at radius 2 is 2.17 bits per heavy atom. The normalized spacial score (nSPS) is 11.8. The quantitative estimate of drug-likeness (QED) is 0.701. The Balaban J connectivity index is 2.20. The van der Waals surface area contributed by atoms with Crippen molar-refractivity contribution in [2.45, 2.75) is 13.0 Å². The molecule has 2 aromatic rings. The van der Waals surface area contributed by atoms with Gasteiger partial charge in [-0.1, -0.05) is 17.7 Å². The summed E-state index contributed by atoms with van der Waals surface area (Å²) in [6.07, 6.45) is 0.434. The Kier molecular flexibility index (Phi) is 5.92. The fourth-order valence-electron chi connectivity index (χ4n) is 1.84. The second kappa shape index (κ2) is 7.92. The van der Waals surface area contributed by atoms with E-state index in [-0.39, 0.29) is 12.2 Å². The summed E-state index contributed by atoms with van der Waals surface area (Å²) in [5.41, 5.74) is 1.77. The lowest BCUT2D eigenvalue weighted by atomic mass is 10.2. The minimum Gasteiger partial charge on any atom is -0.459 e. The van der Waals surface area contributed by atoms with Crippen LogP contribution in [0.4, 0.5) is 11.5 Å². The maximum Gasteiger partial charge on any atom is 0.342 e. The number of hydrogen-bond donors (Lipinski definition) is 3. The number of ether oxygens (including phenoxy) is 1. The third kappa shape index (κ3) is 4.41. The molecule has 0 saturated carbocycles. The molecule has 122 valence electrons. The molecular weight excluding hydrogens is 320 g/mol. The van der Waals surface area contributed by atoms with Crippen molar-refractivity contribution < 1.29 is 19.7 Å². The molecule has 0 aliphatic rings. The van der Waals surface area contributed by atoms with Crippen LogP contribution < -0.4 is 5.32 Å². The molecule has 0 fully saturated rings. The number of anilines is 2. The maximum absolute atomic E-state index is 12.1. The highest BCUT2D eigenvalue weighted by Crippen LogP contribution is 2.26. The van der Waals surface area contributed by atoms with E-state index in [0.29, 0.717) is 10.8 Å². The van der Waals surface area contributed by atoms with Crippen LogP contribution >= 0.6 is 11.6 Å². The van der Waals surface area contributed by atoms with Gasteiger partial charge >= 0.3 is 5.97 Å². The van der Waals surface area contributed by atoms with Crippen molar-refractivity contribution in [3.8, 4) is 0 Å². The standard InChI is InChI=1S/C16H17ClN2O4/c1-10-13(17)5-2-6-14(10)19-15-12(4-3-7-18-15)16(22)23-9-11(21)8-20/h2-7,11,20-21H,8-9H2,1H3,(H,18,19)/t11-/m0/s1. The SMILES string of the molecule is Cc1c(Cl)cccc1Nc1ncccc1C(=O)OC[C@@H](O)CO. The predicted octanol–water partition coefficient (Wildman–Crippen LogP) is 2.30. The van der Waals surface area contributed by atoms with E-state index in [1.54, 1.807) is 30.5 Å². The zero-order chi connectivity index (χ0) is 16.8. The van der Waals surface area contributed by atoms with Crippen LogP contribution in [0.25, 0.3) is 0 Å². The summed E-state index contributed by atoms with van der Waals surface area (Å²) in [5.74, 6) is -0.325. The maximum atomic E-state index is 12.1. The van der Waals surface area contributed by atoms with Gasteiger partial charge in [-0.3, -0.25) is 0 Å². The number of pyridine rings is 1. The Hall–Kier alpha value is -2.15. The van der Waals surface area contributed by atoms with Crippen LogP contribution in [0.5, 0.6) is 0 Å². The molecule has 0 radical (unpaired) electrons. The molecule has 6 nitrogen and oxygen atoms in total. The zero-order valence-electron chi connectivity index (χ0n) is 12.5. The van der Waals surface area contributed by atoms with Crippen LogP contribution in [0.15, 0.2) is 36.5 Å². The van der Waals surface area contributed by atoms with Gasteiger partial charge in [-0.15, -0.1) is 0 Å². The molecule has 1 aromatic carbocycles. The van der Waals surface area contributed by atoms with Crippen LogP contribution in [-0.4, -0.2) is 40.5 Å². The number of aliphatic hydroxyl groups excluding tert-OH is 2. The number of hydrogen-bond acceptors (Lipinski definition) is 6. The van der Waals surface area contributed by atoms with Gasteiger partial charge in [0, 0.05) is 16.9 Å². The van der Waals surface area contributed by atoms with E-state index in [1.165, 1.54) is 0 Å². The second-order valence-electron chi connectivity index (χ2n) is 4.87. The number of nitrogens with one attached hydrogen (secondary N) is 1. The lowest BCUT2D eigenvalue weighted by molar-refractivity contribution is 0.00938. The first kappa shape index (κ1) is 17.2. The number of aliphatic hydroxyl groups is 2. The summed E-state index contributed by atoms with van der Waals surface area (Å²) in [4.78, 5) is 16.3. The minimum atomic E-state index is -1.11. The van der Waals surface area contributed by atoms with Gasteiger partial charge in [-0.05, 0) is 36.8 Å². The van der Waals surface area contributed by atoms with Gasteiger partial charge in [0.15, 0.2) is 0 Å². The molecule has 1 atom stereocenters. The van der Waals surface area contributed by atoms with Crippen LogP contribution in [0, 0.1) is 6.92 Å². The van der Waals surface area contributed by atoms with Crippen LogP contribution in [-0.2, 0) is 4.74 Å². The highest BCUT2D eigenvalue weighted by molar-refractivity contribution is 6.31. The first-order chi connectivity index (χ1) is 11.0. The van der Waals surface area contributed by atoms with Crippen molar-refractivity contribution in [3.63, 3.8) is 0 Å². The average molecular weight is 337 g/mol. The number of nitrogens with zero attached hydrogens (tertiary/aromatic N) is 1. The van der Waals surface area contributed by atoms with Gasteiger partial charge in [0.25, 0.3) is 0 Å². The monoisotopic (exact) mass is 336 g/mol. The van der Waals surface area contributed by atoms with E-state index in [4.69, 9.17) is 21.4 Å². The van der Waals surface area contributed by atoms with Crippen molar-refractivity contribution in [2.24, 2.45) is 0 Å². The molecule has 0 spiro atoms. The highest BCUT2D eigenvalue weighted by atomic mass is 35.5. The van der Waals surface area contributed by atoms with E-state index in [1.807, 2.05) is 13.0 Å². The number of esters is 1. The molecule has 1 heterocycles. The Bertz CT molecular complexity index is 694. The molecule has 1 aromatic heterocycles. The molecule has 3 N–H and O–H groups in total. The summed E-state index contributed by atoms with van der Waals surface area (Å²) in [6.45, 7) is 1.08. The largest absolute Gasteiger partial charge is 0.459 e. The fourth-order valence-corrected chi connectivity index (χ4v) is 2.02. The van der Waals surface area contributed by atoms with Gasteiger partial charge in [0.05, 0.1) is 6.61 Å². The van der Waals surface area contributed by atoms with Crippen LogP contribution in [0.1, 0.15) is 15.9 Å². The van der Waals surface area contributed by atoms with Crippen LogP contribution in [0.2, 0.25) is 5.02 Å². The molecule has 0 amide bonds. The van der Waals surface area contributed by atoms with Crippen molar-refractivity contribution in [3.05, 3.63) is 52.7 Å². The number of carbonyl (C=O) groups excluding carboxylic acids is 1. The summed E-state index contributed by atoms with van der Waals surface area (Å²) < 4.78 is 4.96. The number of benzene rings is 1. The summed E-state index contributed by atoms with van der Waals surface area (Å²) in [5, 5.41) is 21.7. The Morgan fingerprint density at radius 1 is 1.39 bits per heavy atom. The molecule has 0 unspecified atom stereocenters. The van der Waals surface area contributed by atoms with E-state index in [9.17, 15) is 9.90 Å².